The standard InChI is InChI=1S/C15H15NO4S/c1-19-14(17)13-12(8-10-21-13)16-15(18)20-9-7-11-5-3-2-4-6-11/h2-6,8,10H,7,9H2,1H3,(H,16,18). The van der Waals surface area contributed by atoms with Crippen molar-refractivity contribution >= 4 is 29.1 Å². The summed E-state index contributed by atoms with van der Waals surface area (Å²) in [4.78, 5) is 23.5. The van der Waals surface area contributed by atoms with Crippen LogP contribution >= 0.6 is 11.3 Å². The summed E-state index contributed by atoms with van der Waals surface area (Å²) >= 11 is 1.20. The van der Waals surface area contributed by atoms with Crippen molar-refractivity contribution in [1.82, 2.24) is 0 Å². The van der Waals surface area contributed by atoms with Crippen LogP contribution in [0, 0.1) is 0 Å². The first-order valence-corrected chi connectivity index (χ1v) is 7.22. The topological polar surface area (TPSA) is 64.6 Å². The predicted octanol–water partition coefficient (Wildman–Crippen LogP) is 3.33. The number of ether oxygens (including phenoxy) is 2. The third-order valence-electron chi connectivity index (χ3n) is 2.74. The zero-order chi connectivity index (χ0) is 15.1. The largest absolute Gasteiger partial charge is 0.465 e. The van der Waals surface area contributed by atoms with Gasteiger partial charge >= 0.3 is 12.1 Å². The monoisotopic (exact) mass is 305 g/mol. The number of carbonyl (C=O) groups excluding carboxylic acids is 2. The van der Waals surface area contributed by atoms with Crippen LogP contribution in [0.4, 0.5) is 10.5 Å². The molecule has 0 aliphatic carbocycles. The van der Waals surface area contributed by atoms with E-state index in [2.05, 4.69) is 10.1 Å². The summed E-state index contributed by atoms with van der Waals surface area (Å²) < 4.78 is 9.73. The molecule has 0 fully saturated rings. The van der Waals surface area contributed by atoms with Gasteiger partial charge in [0.05, 0.1) is 19.4 Å². The fraction of sp³-hybridized carbons (Fsp3) is 0.200. The molecular weight excluding hydrogens is 290 g/mol. The summed E-state index contributed by atoms with van der Waals surface area (Å²) in [5.74, 6) is -0.482. The highest BCUT2D eigenvalue weighted by atomic mass is 32.1. The van der Waals surface area contributed by atoms with Gasteiger partial charge in [-0.25, -0.2) is 9.59 Å². The quantitative estimate of drug-likeness (QED) is 0.861. The van der Waals surface area contributed by atoms with E-state index in [1.165, 1.54) is 18.4 Å². The van der Waals surface area contributed by atoms with Crippen LogP contribution in [0.15, 0.2) is 41.8 Å². The van der Waals surface area contributed by atoms with Gasteiger partial charge in [-0.2, -0.15) is 0 Å². The van der Waals surface area contributed by atoms with E-state index in [1.54, 1.807) is 11.4 Å². The van der Waals surface area contributed by atoms with Crippen LogP contribution in [0.2, 0.25) is 0 Å². The van der Waals surface area contributed by atoms with E-state index >= 15 is 0 Å². The van der Waals surface area contributed by atoms with Crippen LogP contribution in [-0.4, -0.2) is 25.8 Å². The van der Waals surface area contributed by atoms with E-state index in [-0.39, 0.29) is 6.61 Å². The summed E-state index contributed by atoms with van der Waals surface area (Å²) in [6, 6.07) is 11.4. The normalized spacial score (nSPS) is 9.95. The van der Waals surface area contributed by atoms with Crippen LogP contribution in [-0.2, 0) is 15.9 Å². The van der Waals surface area contributed by atoms with Crippen LogP contribution in [0.25, 0.3) is 0 Å². The molecule has 0 radical (unpaired) electrons. The predicted molar refractivity (Wildman–Crippen MR) is 80.8 cm³/mol. The van der Waals surface area contributed by atoms with Crippen molar-refractivity contribution in [1.29, 1.82) is 0 Å². The van der Waals surface area contributed by atoms with E-state index in [0.717, 1.165) is 5.56 Å². The van der Waals surface area contributed by atoms with E-state index in [1.807, 2.05) is 30.3 Å². The van der Waals surface area contributed by atoms with Gasteiger partial charge in [0.15, 0.2) is 0 Å². The van der Waals surface area contributed by atoms with Gasteiger partial charge in [0.25, 0.3) is 0 Å². The van der Waals surface area contributed by atoms with Crippen LogP contribution in [0.3, 0.4) is 0 Å². The molecule has 1 aromatic heterocycles. The van der Waals surface area contributed by atoms with Crippen molar-refractivity contribution in [2.75, 3.05) is 19.0 Å². The molecular formula is C15H15NO4S. The number of esters is 1. The van der Waals surface area contributed by atoms with Gasteiger partial charge in [0.1, 0.15) is 4.88 Å². The maximum Gasteiger partial charge on any atom is 0.411 e. The molecule has 6 heteroatoms. The molecule has 0 spiro atoms. The molecule has 2 rings (SSSR count). The molecule has 0 unspecified atom stereocenters. The van der Waals surface area contributed by atoms with E-state index in [4.69, 9.17) is 4.74 Å². The minimum Gasteiger partial charge on any atom is -0.465 e. The number of carbonyl (C=O) groups is 2. The van der Waals surface area contributed by atoms with Gasteiger partial charge in [-0.3, -0.25) is 5.32 Å². The zero-order valence-electron chi connectivity index (χ0n) is 11.5. The van der Waals surface area contributed by atoms with Gasteiger partial charge in [-0.15, -0.1) is 11.3 Å². The lowest BCUT2D eigenvalue weighted by atomic mass is 10.2. The lowest BCUT2D eigenvalue weighted by molar-refractivity contribution is 0.0607. The molecule has 1 heterocycles. The summed E-state index contributed by atoms with van der Waals surface area (Å²) in [6.45, 7) is 0.271. The first kappa shape index (κ1) is 15.1. The second-order valence-corrected chi connectivity index (χ2v) is 5.07. The molecule has 110 valence electrons. The molecule has 2 aromatic rings. The lowest BCUT2D eigenvalue weighted by Crippen LogP contribution is -2.16. The Morgan fingerprint density at radius 3 is 2.67 bits per heavy atom. The number of nitrogens with one attached hydrogen (secondary N) is 1. The summed E-state index contributed by atoms with van der Waals surface area (Å²) in [7, 11) is 1.30. The van der Waals surface area contributed by atoms with Crippen molar-refractivity contribution in [3.05, 3.63) is 52.2 Å². The molecule has 1 aromatic carbocycles. The molecule has 21 heavy (non-hydrogen) atoms. The van der Waals surface area contributed by atoms with Gasteiger partial charge in [0.2, 0.25) is 0 Å². The van der Waals surface area contributed by atoms with E-state index in [9.17, 15) is 9.59 Å². The third-order valence-corrected chi connectivity index (χ3v) is 3.63. The number of anilines is 1. The van der Waals surface area contributed by atoms with Crippen molar-refractivity contribution in [2.24, 2.45) is 0 Å². The van der Waals surface area contributed by atoms with Gasteiger partial charge in [-0.05, 0) is 17.0 Å². The Hall–Kier alpha value is -2.34. The highest BCUT2D eigenvalue weighted by Gasteiger charge is 2.15. The van der Waals surface area contributed by atoms with Crippen molar-refractivity contribution in [3.63, 3.8) is 0 Å². The van der Waals surface area contributed by atoms with Crippen LogP contribution < -0.4 is 5.32 Å². The Balaban J connectivity index is 1.82. The second kappa shape index (κ2) is 7.44. The number of benzene rings is 1. The smallest absolute Gasteiger partial charge is 0.411 e. The van der Waals surface area contributed by atoms with Crippen molar-refractivity contribution in [3.8, 4) is 0 Å². The first-order chi connectivity index (χ1) is 10.2. The van der Waals surface area contributed by atoms with E-state index in [0.29, 0.717) is 17.0 Å². The average molecular weight is 305 g/mol. The average Bonchev–Trinajstić information content (AvgIpc) is 2.95. The summed E-state index contributed by atoms with van der Waals surface area (Å²) in [6.07, 6.45) is 0.0522. The Morgan fingerprint density at radius 2 is 1.95 bits per heavy atom. The van der Waals surface area contributed by atoms with Crippen LogP contribution in [0.5, 0.6) is 0 Å². The van der Waals surface area contributed by atoms with Crippen LogP contribution in [0.1, 0.15) is 15.2 Å². The third kappa shape index (κ3) is 4.32. The number of hydrogen-bond donors (Lipinski definition) is 1. The highest BCUT2D eigenvalue weighted by molar-refractivity contribution is 7.12. The van der Waals surface area contributed by atoms with Gasteiger partial charge in [0, 0.05) is 6.42 Å². The minimum absolute atomic E-state index is 0.271. The van der Waals surface area contributed by atoms with Gasteiger partial charge in [-0.1, -0.05) is 30.3 Å². The molecule has 0 aliphatic heterocycles. The highest BCUT2D eigenvalue weighted by Crippen LogP contribution is 2.23. The number of thiophene rings is 1. The molecule has 0 bridgehead atoms. The van der Waals surface area contributed by atoms with E-state index < -0.39 is 12.1 Å². The molecule has 0 saturated heterocycles. The molecule has 5 nitrogen and oxygen atoms in total. The molecule has 0 atom stereocenters. The number of methoxy groups -OCH3 is 1. The number of hydrogen-bond acceptors (Lipinski definition) is 5. The number of amides is 1. The second-order valence-electron chi connectivity index (χ2n) is 4.15. The lowest BCUT2D eigenvalue weighted by Gasteiger charge is -2.07. The molecule has 1 N–H and O–H groups in total. The maximum absolute atomic E-state index is 11.7. The fourth-order valence-electron chi connectivity index (χ4n) is 1.71. The number of rotatable bonds is 5. The van der Waals surface area contributed by atoms with Crippen molar-refractivity contribution < 1.29 is 19.1 Å². The minimum atomic E-state index is -0.588. The SMILES string of the molecule is COC(=O)c1sccc1NC(=O)OCCc1ccccc1. The fourth-order valence-corrected chi connectivity index (χ4v) is 2.48. The Labute approximate surface area is 126 Å². The van der Waals surface area contributed by atoms with Gasteiger partial charge < -0.3 is 9.47 Å². The molecule has 1 amide bonds. The molecule has 0 saturated carbocycles. The molecule has 0 aliphatic rings. The summed E-state index contributed by atoms with van der Waals surface area (Å²) in [5, 5.41) is 4.24. The van der Waals surface area contributed by atoms with Crippen molar-refractivity contribution in [2.45, 2.75) is 6.42 Å². The maximum atomic E-state index is 11.7. The Bertz CT molecular complexity index is 609. The Kier molecular flexibility index (Phi) is 5.34. The zero-order valence-corrected chi connectivity index (χ0v) is 12.3. The summed E-state index contributed by atoms with van der Waals surface area (Å²) in [5.41, 5.74) is 1.49. The first-order valence-electron chi connectivity index (χ1n) is 6.34. The Morgan fingerprint density at radius 1 is 1.19 bits per heavy atom.